The molecule has 0 N–H and O–H groups in total. The van der Waals surface area contributed by atoms with Gasteiger partial charge in [0, 0.05) is 24.8 Å². The monoisotopic (exact) mass is 291 g/mol. The Morgan fingerprint density at radius 2 is 2.05 bits per heavy atom. The number of hydrogen-bond donors (Lipinski definition) is 0. The Morgan fingerprint density at radius 3 is 2.57 bits per heavy atom. The van der Waals surface area contributed by atoms with E-state index in [0.29, 0.717) is 12.2 Å². The molecule has 0 aliphatic carbocycles. The molecule has 2 rings (SSSR count). The molecule has 2 aromatic heterocycles. The molecule has 0 spiro atoms. The molecular weight excluding hydrogens is 270 g/mol. The van der Waals surface area contributed by atoms with E-state index in [0.717, 1.165) is 29.8 Å². The number of hydrogen-bond acceptors (Lipinski definition) is 5. The Hall–Kier alpha value is -2.18. The summed E-state index contributed by atoms with van der Waals surface area (Å²) in [5.74, 6) is -0.476. The summed E-state index contributed by atoms with van der Waals surface area (Å²) >= 11 is 0. The van der Waals surface area contributed by atoms with Gasteiger partial charge in [0.25, 0.3) is 0 Å². The van der Waals surface area contributed by atoms with Crippen LogP contribution in [0.1, 0.15) is 41.6 Å². The summed E-state index contributed by atoms with van der Waals surface area (Å²) in [6, 6.07) is 0. The molecule has 7 nitrogen and oxygen atoms in total. The second kappa shape index (κ2) is 6.07. The zero-order valence-electron chi connectivity index (χ0n) is 13.2. The highest BCUT2D eigenvalue weighted by molar-refractivity contribution is 5.94. The van der Waals surface area contributed by atoms with Crippen molar-refractivity contribution in [3.8, 4) is 11.3 Å². The van der Waals surface area contributed by atoms with Crippen molar-refractivity contribution in [1.82, 2.24) is 24.8 Å². The van der Waals surface area contributed by atoms with E-state index in [1.54, 1.807) is 9.36 Å². The number of aromatic nitrogens is 5. The van der Waals surface area contributed by atoms with Crippen LogP contribution in [0.4, 0.5) is 0 Å². The molecule has 0 saturated carbocycles. The summed E-state index contributed by atoms with van der Waals surface area (Å²) in [5.41, 5.74) is 3.66. The molecule has 0 amide bonds. The van der Waals surface area contributed by atoms with Gasteiger partial charge in [-0.2, -0.15) is 5.10 Å². The fourth-order valence-electron chi connectivity index (χ4n) is 2.38. The number of aryl methyl sites for hydroxylation is 3. The number of esters is 1. The van der Waals surface area contributed by atoms with Gasteiger partial charge in [0.2, 0.25) is 0 Å². The first-order chi connectivity index (χ1) is 10.0. The van der Waals surface area contributed by atoms with Crippen LogP contribution in [-0.2, 0) is 18.3 Å². The predicted octanol–water partition coefficient (Wildman–Crippen LogP) is 1.88. The highest BCUT2D eigenvalue weighted by Gasteiger charge is 2.26. The standard InChI is InChI=1S/C14H21N5O2/c1-6-7-8-19-13(12(15-17-19)14(20)21-5)11-9(2)16-18(4)10(11)3/h6-8H2,1-5H3. The minimum absolute atomic E-state index is 0.243. The Labute approximate surface area is 123 Å². The highest BCUT2D eigenvalue weighted by atomic mass is 16.5. The molecule has 2 aromatic rings. The van der Waals surface area contributed by atoms with Gasteiger partial charge >= 0.3 is 5.97 Å². The molecule has 21 heavy (non-hydrogen) atoms. The van der Waals surface area contributed by atoms with Crippen LogP contribution in [0, 0.1) is 13.8 Å². The lowest BCUT2D eigenvalue weighted by Crippen LogP contribution is -2.08. The van der Waals surface area contributed by atoms with Gasteiger partial charge in [0.05, 0.1) is 12.8 Å². The van der Waals surface area contributed by atoms with Gasteiger partial charge in [-0.3, -0.25) is 4.68 Å². The van der Waals surface area contributed by atoms with Crippen LogP contribution < -0.4 is 0 Å². The van der Waals surface area contributed by atoms with Crippen molar-refractivity contribution in [2.24, 2.45) is 7.05 Å². The molecule has 0 bridgehead atoms. The van der Waals surface area contributed by atoms with Crippen molar-refractivity contribution >= 4 is 5.97 Å². The first-order valence-electron chi connectivity index (χ1n) is 7.03. The average Bonchev–Trinajstić information content (AvgIpc) is 2.97. The quantitative estimate of drug-likeness (QED) is 0.786. The van der Waals surface area contributed by atoms with Crippen LogP contribution in [-0.4, -0.2) is 37.9 Å². The number of carbonyl (C=O) groups excluding carboxylic acids is 1. The van der Waals surface area contributed by atoms with Crippen molar-refractivity contribution in [2.45, 2.75) is 40.2 Å². The fourth-order valence-corrected chi connectivity index (χ4v) is 2.38. The molecule has 0 aromatic carbocycles. The lowest BCUT2D eigenvalue weighted by molar-refractivity contribution is 0.0595. The van der Waals surface area contributed by atoms with E-state index in [2.05, 4.69) is 22.3 Å². The van der Waals surface area contributed by atoms with E-state index in [1.165, 1.54) is 7.11 Å². The number of ether oxygens (including phenoxy) is 1. The van der Waals surface area contributed by atoms with Gasteiger partial charge in [0.1, 0.15) is 5.69 Å². The minimum atomic E-state index is -0.476. The zero-order valence-corrected chi connectivity index (χ0v) is 13.2. The second-order valence-electron chi connectivity index (χ2n) is 5.02. The molecule has 0 aliphatic heterocycles. The number of methoxy groups -OCH3 is 1. The average molecular weight is 291 g/mol. The maximum absolute atomic E-state index is 12.0. The van der Waals surface area contributed by atoms with Crippen LogP contribution in [0.2, 0.25) is 0 Å². The molecule has 0 fully saturated rings. The second-order valence-corrected chi connectivity index (χ2v) is 5.02. The molecule has 0 radical (unpaired) electrons. The van der Waals surface area contributed by atoms with E-state index in [9.17, 15) is 4.79 Å². The summed E-state index contributed by atoms with van der Waals surface area (Å²) in [6.07, 6.45) is 2.01. The summed E-state index contributed by atoms with van der Waals surface area (Å²) in [4.78, 5) is 12.0. The number of nitrogens with zero attached hydrogens (tertiary/aromatic N) is 5. The molecule has 0 unspecified atom stereocenters. The van der Waals surface area contributed by atoms with Crippen molar-refractivity contribution in [1.29, 1.82) is 0 Å². The van der Waals surface area contributed by atoms with E-state index < -0.39 is 5.97 Å². The van der Waals surface area contributed by atoms with Crippen LogP contribution in [0.15, 0.2) is 0 Å². The Bertz CT molecular complexity index is 657. The molecule has 2 heterocycles. The van der Waals surface area contributed by atoms with E-state index >= 15 is 0 Å². The van der Waals surface area contributed by atoms with Gasteiger partial charge < -0.3 is 4.74 Å². The molecule has 114 valence electrons. The Balaban J connectivity index is 2.62. The number of unbranched alkanes of at least 4 members (excludes halogenated alkanes) is 1. The minimum Gasteiger partial charge on any atom is -0.464 e. The maximum atomic E-state index is 12.0. The van der Waals surface area contributed by atoms with Crippen LogP contribution in [0.3, 0.4) is 0 Å². The van der Waals surface area contributed by atoms with Crippen molar-refractivity contribution in [2.75, 3.05) is 7.11 Å². The van der Waals surface area contributed by atoms with Crippen molar-refractivity contribution in [3.05, 3.63) is 17.1 Å². The van der Waals surface area contributed by atoms with E-state index in [-0.39, 0.29) is 5.69 Å². The maximum Gasteiger partial charge on any atom is 0.360 e. The summed E-state index contributed by atoms with van der Waals surface area (Å²) < 4.78 is 8.39. The van der Waals surface area contributed by atoms with Gasteiger partial charge in [-0.1, -0.05) is 18.6 Å². The summed E-state index contributed by atoms with van der Waals surface area (Å²) in [6.45, 7) is 6.70. The largest absolute Gasteiger partial charge is 0.464 e. The topological polar surface area (TPSA) is 74.8 Å². The van der Waals surface area contributed by atoms with Gasteiger partial charge in [-0.25, -0.2) is 9.48 Å². The Kier molecular flexibility index (Phi) is 4.40. The molecule has 7 heteroatoms. The van der Waals surface area contributed by atoms with Crippen LogP contribution in [0.25, 0.3) is 11.3 Å². The summed E-state index contributed by atoms with van der Waals surface area (Å²) in [5, 5.41) is 12.5. The third kappa shape index (κ3) is 2.68. The first-order valence-corrected chi connectivity index (χ1v) is 7.03. The third-order valence-electron chi connectivity index (χ3n) is 3.58. The van der Waals surface area contributed by atoms with Gasteiger partial charge in [-0.15, -0.1) is 5.10 Å². The molecule has 0 atom stereocenters. The van der Waals surface area contributed by atoms with Crippen molar-refractivity contribution < 1.29 is 9.53 Å². The Morgan fingerprint density at radius 1 is 1.33 bits per heavy atom. The van der Waals surface area contributed by atoms with Gasteiger partial charge in [0.15, 0.2) is 5.69 Å². The summed E-state index contributed by atoms with van der Waals surface area (Å²) in [7, 11) is 3.23. The molecular formula is C14H21N5O2. The number of rotatable bonds is 5. The predicted molar refractivity (Wildman–Crippen MR) is 77.9 cm³/mol. The zero-order chi connectivity index (χ0) is 15.6. The molecule has 0 aliphatic rings. The van der Waals surface area contributed by atoms with E-state index in [4.69, 9.17) is 4.74 Å². The lowest BCUT2D eigenvalue weighted by Gasteiger charge is -2.08. The van der Waals surface area contributed by atoms with Crippen LogP contribution in [0.5, 0.6) is 0 Å². The highest BCUT2D eigenvalue weighted by Crippen LogP contribution is 2.29. The first kappa shape index (κ1) is 15.2. The van der Waals surface area contributed by atoms with Crippen LogP contribution >= 0.6 is 0 Å². The molecule has 0 saturated heterocycles. The third-order valence-corrected chi connectivity index (χ3v) is 3.58. The normalized spacial score (nSPS) is 10.9. The van der Waals surface area contributed by atoms with Gasteiger partial charge in [-0.05, 0) is 20.3 Å². The number of carbonyl (C=O) groups is 1. The van der Waals surface area contributed by atoms with Crippen molar-refractivity contribution in [3.63, 3.8) is 0 Å². The fraction of sp³-hybridized carbons (Fsp3) is 0.571. The van der Waals surface area contributed by atoms with E-state index in [1.807, 2.05) is 20.9 Å². The SMILES string of the molecule is CCCCn1nnc(C(=O)OC)c1-c1c(C)nn(C)c1C. The smallest absolute Gasteiger partial charge is 0.360 e. The lowest BCUT2D eigenvalue weighted by atomic mass is 10.1.